The van der Waals surface area contributed by atoms with E-state index >= 15 is 0 Å². The number of nitrogens with two attached hydrogens (primary N) is 1. The number of nitrogens with zero attached hydrogens (tertiary/aromatic N) is 1. The Labute approximate surface area is 85.9 Å². The van der Waals surface area contributed by atoms with Crippen LogP contribution in [0.1, 0.15) is 16.2 Å². The number of aromatic nitrogens is 3. The highest BCUT2D eigenvalue weighted by molar-refractivity contribution is 5.96. The van der Waals surface area contributed by atoms with Crippen LogP contribution in [0.15, 0.2) is 24.5 Å². The molecule has 0 fully saturated rings. The van der Waals surface area contributed by atoms with E-state index in [1.807, 2.05) is 12.1 Å². The molecule has 2 aromatic rings. The van der Waals surface area contributed by atoms with Crippen molar-refractivity contribution in [2.45, 2.75) is 6.54 Å². The van der Waals surface area contributed by atoms with Gasteiger partial charge in [0.1, 0.15) is 5.69 Å². The first-order valence-electron chi connectivity index (χ1n) is 4.46. The zero-order chi connectivity index (χ0) is 10.7. The van der Waals surface area contributed by atoms with Gasteiger partial charge in [0.05, 0.1) is 18.4 Å². The smallest absolute Gasteiger partial charge is 0.271 e. The summed E-state index contributed by atoms with van der Waals surface area (Å²) >= 11 is 0. The van der Waals surface area contributed by atoms with Crippen molar-refractivity contribution in [1.29, 1.82) is 0 Å². The van der Waals surface area contributed by atoms with Crippen LogP contribution in [0.4, 0.5) is 5.69 Å². The molecule has 0 aliphatic carbocycles. The maximum Gasteiger partial charge on any atom is 0.271 e. The largest absolute Gasteiger partial charge is 0.396 e. The van der Waals surface area contributed by atoms with Gasteiger partial charge in [-0.15, -0.1) is 0 Å². The lowest BCUT2D eigenvalue weighted by Crippen LogP contribution is -2.24. The number of carbonyl (C=O) groups excluding carboxylic acids is 1. The number of amides is 1. The van der Waals surface area contributed by atoms with Gasteiger partial charge in [0, 0.05) is 11.9 Å². The molecule has 0 saturated heterocycles. The summed E-state index contributed by atoms with van der Waals surface area (Å²) in [6.07, 6.45) is 3.20. The molecule has 2 aromatic heterocycles. The number of hydrogen-bond acceptors (Lipinski definition) is 3. The normalized spacial score (nSPS) is 10.1. The minimum atomic E-state index is -0.264. The highest BCUT2D eigenvalue weighted by Gasteiger charge is 2.10. The summed E-state index contributed by atoms with van der Waals surface area (Å²) in [6, 6.07) is 3.75. The Morgan fingerprint density at radius 2 is 2.47 bits per heavy atom. The molecule has 0 unspecified atom stereocenters. The summed E-state index contributed by atoms with van der Waals surface area (Å²) in [5, 5.41) is 8.91. The summed E-state index contributed by atoms with van der Waals surface area (Å²) in [7, 11) is 0. The van der Waals surface area contributed by atoms with Gasteiger partial charge in [0.2, 0.25) is 0 Å². The number of nitrogen functional groups attached to an aromatic ring is 1. The minimum Gasteiger partial charge on any atom is -0.396 e. The molecule has 0 aliphatic rings. The Morgan fingerprint density at radius 3 is 3.07 bits per heavy atom. The molecule has 0 saturated carbocycles. The van der Waals surface area contributed by atoms with Crippen LogP contribution >= 0.6 is 0 Å². The van der Waals surface area contributed by atoms with E-state index in [1.165, 1.54) is 6.20 Å². The first-order valence-corrected chi connectivity index (χ1v) is 4.46. The first kappa shape index (κ1) is 9.32. The maximum absolute atomic E-state index is 11.5. The highest BCUT2D eigenvalue weighted by atomic mass is 16.1. The summed E-state index contributed by atoms with van der Waals surface area (Å²) in [4.78, 5) is 14.5. The number of rotatable bonds is 3. The molecule has 0 aromatic carbocycles. The summed E-state index contributed by atoms with van der Waals surface area (Å²) < 4.78 is 0. The van der Waals surface area contributed by atoms with Crippen LogP contribution in [0.5, 0.6) is 0 Å². The monoisotopic (exact) mass is 205 g/mol. The van der Waals surface area contributed by atoms with Crippen molar-refractivity contribution in [1.82, 2.24) is 20.5 Å². The summed E-state index contributed by atoms with van der Waals surface area (Å²) in [5.74, 6) is -0.264. The number of H-pyrrole nitrogens is 2. The maximum atomic E-state index is 11.5. The van der Waals surface area contributed by atoms with Gasteiger partial charge < -0.3 is 16.0 Å². The third-order valence-corrected chi connectivity index (χ3v) is 2.00. The Kier molecular flexibility index (Phi) is 2.40. The second-order valence-corrected chi connectivity index (χ2v) is 3.08. The summed E-state index contributed by atoms with van der Waals surface area (Å²) in [5.41, 5.74) is 7.10. The molecule has 6 heteroatoms. The van der Waals surface area contributed by atoms with Gasteiger partial charge in [0.15, 0.2) is 0 Å². The Balaban J connectivity index is 1.96. The van der Waals surface area contributed by atoms with E-state index in [9.17, 15) is 4.79 Å². The lowest BCUT2D eigenvalue weighted by molar-refractivity contribution is 0.0946. The van der Waals surface area contributed by atoms with Crippen LogP contribution in [-0.4, -0.2) is 21.1 Å². The lowest BCUT2D eigenvalue weighted by Gasteiger charge is -2.02. The fourth-order valence-corrected chi connectivity index (χ4v) is 1.22. The number of nitrogens with one attached hydrogen (secondary N) is 3. The zero-order valence-corrected chi connectivity index (χ0v) is 7.95. The van der Waals surface area contributed by atoms with Crippen LogP contribution < -0.4 is 11.1 Å². The van der Waals surface area contributed by atoms with Crippen LogP contribution in [0, 0.1) is 0 Å². The van der Waals surface area contributed by atoms with E-state index in [0.29, 0.717) is 17.9 Å². The van der Waals surface area contributed by atoms with Gasteiger partial charge in [-0.2, -0.15) is 5.10 Å². The average Bonchev–Trinajstić information content (AvgIpc) is 2.84. The fraction of sp³-hybridized carbons (Fsp3) is 0.111. The number of hydrogen-bond donors (Lipinski definition) is 4. The van der Waals surface area contributed by atoms with Crippen LogP contribution in [0.2, 0.25) is 0 Å². The molecule has 0 radical (unpaired) electrons. The van der Waals surface area contributed by atoms with Gasteiger partial charge in [0.25, 0.3) is 5.91 Å². The van der Waals surface area contributed by atoms with Gasteiger partial charge in [-0.05, 0) is 12.1 Å². The molecule has 0 aliphatic heterocycles. The molecule has 0 spiro atoms. The Bertz CT molecular complexity index is 445. The third kappa shape index (κ3) is 1.98. The van der Waals surface area contributed by atoms with E-state index in [1.54, 1.807) is 6.20 Å². The number of anilines is 1. The van der Waals surface area contributed by atoms with Crippen LogP contribution in [0.3, 0.4) is 0 Å². The minimum absolute atomic E-state index is 0.264. The lowest BCUT2D eigenvalue weighted by atomic mass is 10.3. The molecule has 15 heavy (non-hydrogen) atoms. The van der Waals surface area contributed by atoms with Crippen molar-refractivity contribution in [2.24, 2.45) is 0 Å². The fourth-order valence-electron chi connectivity index (χ4n) is 1.22. The average molecular weight is 205 g/mol. The standard InChI is InChI=1S/C9H11N5O/c10-7-5-13-14-8(7)9(15)12-4-6-2-1-3-11-6/h1-3,5,11H,4,10H2,(H,12,15)(H,13,14). The summed E-state index contributed by atoms with van der Waals surface area (Å²) in [6.45, 7) is 0.435. The van der Waals surface area contributed by atoms with Gasteiger partial charge in [-0.25, -0.2) is 0 Å². The van der Waals surface area contributed by atoms with Crippen molar-refractivity contribution in [3.63, 3.8) is 0 Å². The third-order valence-electron chi connectivity index (χ3n) is 2.00. The van der Waals surface area contributed by atoms with E-state index in [-0.39, 0.29) is 5.91 Å². The highest BCUT2D eigenvalue weighted by Crippen LogP contribution is 2.05. The van der Waals surface area contributed by atoms with Crippen LogP contribution in [-0.2, 0) is 6.54 Å². The molecule has 1 amide bonds. The van der Waals surface area contributed by atoms with E-state index in [2.05, 4.69) is 20.5 Å². The molecule has 0 bridgehead atoms. The van der Waals surface area contributed by atoms with E-state index in [4.69, 9.17) is 5.73 Å². The topological polar surface area (TPSA) is 99.6 Å². The predicted octanol–water partition coefficient (Wildman–Crippen LogP) is 0.250. The first-order chi connectivity index (χ1) is 7.27. The molecular weight excluding hydrogens is 194 g/mol. The van der Waals surface area contributed by atoms with Crippen molar-refractivity contribution in [3.8, 4) is 0 Å². The molecular formula is C9H11N5O. The second kappa shape index (κ2) is 3.87. The zero-order valence-electron chi connectivity index (χ0n) is 7.95. The van der Waals surface area contributed by atoms with Gasteiger partial charge >= 0.3 is 0 Å². The molecule has 2 heterocycles. The predicted molar refractivity (Wildman–Crippen MR) is 55.0 cm³/mol. The molecule has 0 atom stereocenters. The van der Waals surface area contributed by atoms with Crippen molar-refractivity contribution in [3.05, 3.63) is 35.9 Å². The Hall–Kier alpha value is -2.24. The van der Waals surface area contributed by atoms with E-state index in [0.717, 1.165) is 5.69 Å². The van der Waals surface area contributed by atoms with Crippen molar-refractivity contribution >= 4 is 11.6 Å². The van der Waals surface area contributed by atoms with Crippen LogP contribution in [0.25, 0.3) is 0 Å². The number of aromatic amines is 2. The SMILES string of the molecule is Nc1cn[nH]c1C(=O)NCc1ccc[nH]1. The second-order valence-electron chi connectivity index (χ2n) is 3.08. The molecule has 78 valence electrons. The Morgan fingerprint density at radius 1 is 1.60 bits per heavy atom. The quantitative estimate of drug-likeness (QED) is 0.578. The molecule has 2 rings (SSSR count). The van der Waals surface area contributed by atoms with Gasteiger partial charge in [-0.3, -0.25) is 9.89 Å². The number of carbonyl (C=O) groups is 1. The van der Waals surface area contributed by atoms with Gasteiger partial charge in [-0.1, -0.05) is 0 Å². The molecule has 6 nitrogen and oxygen atoms in total. The van der Waals surface area contributed by atoms with E-state index < -0.39 is 0 Å². The molecule has 5 N–H and O–H groups in total. The van der Waals surface area contributed by atoms with Crippen molar-refractivity contribution in [2.75, 3.05) is 5.73 Å². The van der Waals surface area contributed by atoms with Crippen molar-refractivity contribution < 1.29 is 4.79 Å².